The van der Waals surface area contributed by atoms with E-state index in [-0.39, 0.29) is 5.56 Å². The highest BCUT2D eigenvalue weighted by Crippen LogP contribution is 2.41. The molecule has 0 unspecified atom stereocenters. The van der Waals surface area contributed by atoms with Gasteiger partial charge >= 0.3 is 0 Å². The molecule has 0 N–H and O–H groups in total. The average molecular weight is 394 g/mol. The highest BCUT2D eigenvalue weighted by Gasteiger charge is 2.27. The van der Waals surface area contributed by atoms with Crippen LogP contribution in [0.1, 0.15) is 34.8 Å². The number of methoxy groups -OCH3 is 2. The van der Waals surface area contributed by atoms with Crippen LogP contribution in [-0.4, -0.2) is 53.6 Å². The number of hydrogen-bond donors (Lipinski definition) is 0. The molecule has 0 spiro atoms. The Morgan fingerprint density at radius 2 is 1.73 bits per heavy atom. The van der Waals surface area contributed by atoms with Gasteiger partial charge in [-0.1, -0.05) is 5.24 Å². The van der Waals surface area contributed by atoms with E-state index >= 15 is 0 Å². The Kier molecular flexibility index (Phi) is 5.00. The Hall–Kier alpha value is -2.96. The SMILES string of the molecule is [B]C([B])([B])n1cc(-c2cc(OC)c(C=O)c(OC)c2)c2cc(C3CC3)ncc2c1=O. The maximum atomic E-state index is 13.0. The van der Waals surface area contributed by atoms with Gasteiger partial charge in [0.05, 0.1) is 48.7 Å². The van der Waals surface area contributed by atoms with Gasteiger partial charge in [0.25, 0.3) is 5.56 Å². The van der Waals surface area contributed by atoms with Crippen LogP contribution in [0.4, 0.5) is 0 Å². The van der Waals surface area contributed by atoms with Gasteiger partial charge in [0.1, 0.15) is 11.5 Å². The summed E-state index contributed by atoms with van der Waals surface area (Å²) in [5, 5.41) is -0.896. The minimum absolute atomic E-state index is 0.285. The number of carbonyl (C=O) groups excluding carboxylic acids is 1. The van der Waals surface area contributed by atoms with Crippen molar-refractivity contribution in [1.29, 1.82) is 0 Å². The summed E-state index contributed by atoms with van der Waals surface area (Å²) in [6.07, 6.45) is 5.85. The van der Waals surface area contributed by atoms with Gasteiger partial charge in [0.15, 0.2) is 6.29 Å². The fraction of sp³-hybridized carbons (Fsp3) is 0.286. The molecule has 9 heteroatoms. The topological polar surface area (TPSA) is 70.4 Å². The molecule has 6 radical (unpaired) electrons. The molecule has 0 amide bonds. The van der Waals surface area contributed by atoms with E-state index in [1.54, 1.807) is 12.1 Å². The summed E-state index contributed by atoms with van der Waals surface area (Å²) >= 11 is 0. The lowest BCUT2D eigenvalue weighted by Gasteiger charge is -2.26. The van der Waals surface area contributed by atoms with Crippen molar-refractivity contribution in [2.45, 2.75) is 24.0 Å². The molecule has 0 saturated heterocycles. The van der Waals surface area contributed by atoms with Crippen molar-refractivity contribution < 1.29 is 14.3 Å². The van der Waals surface area contributed by atoms with Gasteiger partial charge in [0, 0.05) is 29.6 Å². The number of fused-ring (bicyclic) bond motifs is 1. The first kappa shape index (κ1) is 20.3. The number of pyridine rings is 2. The van der Waals surface area contributed by atoms with Gasteiger partial charge in [-0.15, -0.1) is 0 Å². The summed E-state index contributed by atoms with van der Waals surface area (Å²) in [6.45, 7) is 0. The number of aromatic nitrogens is 2. The monoisotopic (exact) mass is 394 g/mol. The minimum atomic E-state index is -1.91. The Labute approximate surface area is 177 Å². The maximum Gasteiger partial charge on any atom is 0.258 e. The maximum absolute atomic E-state index is 13.0. The third-order valence-electron chi connectivity index (χ3n) is 5.31. The molecule has 4 rings (SSSR count). The van der Waals surface area contributed by atoms with E-state index in [0.29, 0.717) is 45.6 Å². The van der Waals surface area contributed by atoms with Crippen LogP contribution in [0.25, 0.3) is 21.9 Å². The van der Waals surface area contributed by atoms with Crippen LogP contribution < -0.4 is 15.0 Å². The van der Waals surface area contributed by atoms with Gasteiger partial charge in [0.2, 0.25) is 0 Å². The second-order valence-corrected chi connectivity index (χ2v) is 7.45. The van der Waals surface area contributed by atoms with Crippen molar-refractivity contribution in [2.75, 3.05) is 14.2 Å². The van der Waals surface area contributed by atoms with Crippen molar-refractivity contribution in [2.24, 2.45) is 0 Å². The molecule has 0 aliphatic heterocycles. The zero-order chi connectivity index (χ0) is 21.6. The fourth-order valence-electron chi connectivity index (χ4n) is 3.58. The zero-order valence-corrected chi connectivity index (χ0v) is 16.7. The second kappa shape index (κ2) is 7.38. The van der Waals surface area contributed by atoms with Gasteiger partial charge in [-0.25, -0.2) is 0 Å². The van der Waals surface area contributed by atoms with Crippen molar-refractivity contribution >= 4 is 40.6 Å². The standard InChI is InChI=1S/C21H17B3N2O4/c1-29-18-5-12(6-19(30-2)16(18)10-27)15-9-26(21(22,23)24)20(28)14-8-25-17(7-13(14)15)11-3-4-11/h5-11H,3-4H2,1-2H3. The zero-order valence-electron chi connectivity index (χ0n) is 16.7. The molecular weight excluding hydrogens is 377 g/mol. The Morgan fingerprint density at radius 1 is 1.10 bits per heavy atom. The van der Waals surface area contributed by atoms with Crippen LogP contribution in [-0.2, 0) is 5.24 Å². The molecular formula is C21H17B3N2O4. The molecule has 2 aromatic heterocycles. The van der Waals surface area contributed by atoms with Crippen LogP contribution in [0.5, 0.6) is 11.5 Å². The quantitative estimate of drug-likeness (QED) is 0.472. The van der Waals surface area contributed by atoms with Crippen LogP contribution >= 0.6 is 0 Å². The molecule has 1 fully saturated rings. The molecule has 1 aliphatic carbocycles. The molecule has 144 valence electrons. The Balaban J connectivity index is 2.08. The molecule has 6 nitrogen and oxygen atoms in total. The molecule has 0 bridgehead atoms. The second-order valence-electron chi connectivity index (χ2n) is 7.45. The Bertz CT molecular complexity index is 1190. The number of rotatable bonds is 6. The van der Waals surface area contributed by atoms with E-state index in [0.717, 1.165) is 23.1 Å². The van der Waals surface area contributed by atoms with E-state index in [9.17, 15) is 9.59 Å². The van der Waals surface area contributed by atoms with Crippen LogP contribution in [0, 0.1) is 0 Å². The van der Waals surface area contributed by atoms with Crippen LogP contribution in [0.3, 0.4) is 0 Å². The summed E-state index contributed by atoms with van der Waals surface area (Å²) in [4.78, 5) is 29.0. The largest absolute Gasteiger partial charge is 0.496 e. The molecule has 3 aromatic rings. The molecule has 0 atom stereocenters. The van der Waals surface area contributed by atoms with E-state index in [4.69, 9.17) is 33.0 Å². The summed E-state index contributed by atoms with van der Waals surface area (Å²) in [6, 6.07) is 5.29. The van der Waals surface area contributed by atoms with Crippen molar-refractivity contribution in [1.82, 2.24) is 9.55 Å². The number of benzene rings is 1. The van der Waals surface area contributed by atoms with Crippen molar-refractivity contribution in [3.8, 4) is 22.6 Å². The molecule has 1 saturated carbocycles. The normalized spacial score (nSPS) is 13.9. The molecule has 2 heterocycles. The summed E-state index contributed by atoms with van der Waals surface area (Å²) in [7, 11) is 20.5. The first-order valence-corrected chi connectivity index (χ1v) is 9.42. The van der Waals surface area contributed by atoms with E-state index in [2.05, 4.69) is 4.98 Å². The summed E-state index contributed by atoms with van der Waals surface area (Å²) < 4.78 is 11.8. The third-order valence-corrected chi connectivity index (χ3v) is 5.31. The van der Waals surface area contributed by atoms with Gasteiger partial charge in [-0.2, -0.15) is 0 Å². The van der Waals surface area contributed by atoms with Gasteiger partial charge in [-0.3, -0.25) is 14.6 Å². The minimum Gasteiger partial charge on any atom is -0.496 e. The van der Waals surface area contributed by atoms with Crippen LogP contribution in [0.15, 0.2) is 35.4 Å². The van der Waals surface area contributed by atoms with Crippen LogP contribution in [0.2, 0.25) is 0 Å². The van der Waals surface area contributed by atoms with Gasteiger partial charge < -0.3 is 14.0 Å². The number of ether oxygens (including phenoxy) is 2. The van der Waals surface area contributed by atoms with Crippen molar-refractivity contribution in [3.05, 3.63) is 52.2 Å². The molecule has 30 heavy (non-hydrogen) atoms. The first-order valence-electron chi connectivity index (χ1n) is 9.42. The Morgan fingerprint density at radius 3 is 2.23 bits per heavy atom. The number of hydrogen-bond acceptors (Lipinski definition) is 5. The smallest absolute Gasteiger partial charge is 0.258 e. The first-order chi connectivity index (χ1) is 14.3. The third kappa shape index (κ3) is 3.42. The number of carbonyl (C=O) groups is 1. The van der Waals surface area contributed by atoms with Crippen molar-refractivity contribution in [3.63, 3.8) is 0 Å². The highest BCUT2D eigenvalue weighted by molar-refractivity contribution is 6.56. The van der Waals surface area contributed by atoms with Gasteiger partial charge in [-0.05, 0) is 42.0 Å². The molecule has 1 aliphatic rings. The predicted molar refractivity (Wildman–Crippen MR) is 117 cm³/mol. The highest BCUT2D eigenvalue weighted by atomic mass is 16.5. The lowest BCUT2D eigenvalue weighted by atomic mass is 9.49. The molecule has 1 aromatic carbocycles. The number of aldehydes is 1. The van der Waals surface area contributed by atoms with E-state index < -0.39 is 10.8 Å². The fourth-order valence-corrected chi connectivity index (χ4v) is 3.58. The van der Waals surface area contributed by atoms with E-state index in [1.807, 2.05) is 6.07 Å². The lowest BCUT2D eigenvalue weighted by molar-refractivity contribution is 0.111. The lowest BCUT2D eigenvalue weighted by Crippen LogP contribution is -2.42. The number of nitrogens with zero attached hydrogens (tertiary/aromatic N) is 2. The summed E-state index contributed by atoms with van der Waals surface area (Å²) in [5.41, 5.74) is 2.04. The van der Waals surface area contributed by atoms with E-state index in [1.165, 1.54) is 26.6 Å². The average Bonchev–Trinajstić information content (AvgIpc) is 3.57. The summed E-state index contributed by atoms with van der Waals surface area (Å²) in [5.74, 6) is 1.06. The predicted octanol–water partition coefficient (Wildman–Crippen LogP) is 1.84.